The topological polar surface area (TPSA) is 63.1 Å². The Morgan fingerprint density at radius 1 is 0.958 bits per heavy atom. The van der Waals surface area contributed by atoms with Gasteiger partial charge in [0.25, 0.3) is 11.8 Å². The lowest BCUT2D eigenvalue weighted by atomic mass is 10.2. The van der Waals surface area contributed by atoms with Crippen molar-refractivity contribution in [2.75, 3.05) is 0 Å². The maximum atomic E-state index is 13.1. The molecule has 5 nitrogen and oxygen atoms in total. The Bertz CT molecular complexity index is 930. The first-order chi connectivity index (χ1) is 11.5. The van der Waals surface area contributed by atoms with E-state index in [1.165, 1.54) is 0 Å². The lowest BCUT2D eigenvalue weighted by Gasteiger charge is -2.07. The van der Waals surface area contributed by atoms with Crippen molar-refractivity contribution in [1.29, 1.82) is 0 Å². The molecule has 0 bridgehead atoms. The molecule has 0 spiro atoms. The van der Waals surface area contributed by atoms with E-state index in [4.69, 9.17) is 0 Å². The van der Waals surface area contributed by atoms with Crippen LogP contribution in [0.3, 0.4) is 0 Å². The minimum atomic E-state index is -0.875. The number of nitrogens with zero attached hydrogens (tertiary/aromatic N) is 1. The van der Waals surface area contributed by atoms with Crippen LogP contribution in [0.15, 0.2) is 48.7 Å². The van der Waals surface area contributed by atoms with Gasteiger partial charge in [-0.2, -0.15) is 0 Å². The number of aryl methyl sites for hydroxylation is 1. The van der Waals surface area contributed by atoms with Crippen LogP contribution in [0.5, 0.6) is 0 Å². The second-order valence-corrected chi connectivity index (χ2v) is 5.24. The van der Waals surface area contributed by atoms with Gasteiger partial charge in [0.15, 0.2) is 0 Å². The van der Waals surface area contributed by atoms with Crippen molar-refractivity contribution in [2.45, 2.75) is 0 Å². The number of aromatic nitrogens is 1. The molecule has 1 aromatic heterocycles. The van der Waals surface area contributed by atoms with Gasteiger partial charge in [0, 0.05) is 35.8 Å². The molecule has 0 aliphatic heterocycles. The number of amides is 2. The Labute approximate surface area is 135 Å². The molecule has 0 fully saturated rings. The third-order valence-electron chi connectivity index (χ3n) is 3.56. The van der Waals surface area contributed by atoms with Gasteiger partial charge in [-0.25, -0.2) is 8.78 Å². The minimum absolute atomic E-state index is 0.231. The number of benzene rings is 2. The number of carbonyl (C=O) groups excluding carboxylic acids is 2. The zero-order valence-electron chi connectivity index (χ0n) is 12.6. The first-order valence-electron chi connectivity index (χ1n) is 7.06. The predicted octanol–water partition coefficient (Wildman–Crippen LogP) is 2.53. The van der Waals surface area contributed by atoms with Crippen molar-refractivity contribution in [3.05, 3.63) is 71.4 Å². The van der Waals surface area contributed by atoms with E-state index >= 15 is 0 Å². The SMILES string of the molecule is Cn1cc(C(=O)NNC(=O)c2cc(F)cc(F)c2)c2ccccc21. The summed E-state index contributed by atoms with van der Waals surface area (Å²) in [4.78, 5) is 24.1. The van der Waals surface area contributed by atoms with Crippen LogP contribution in [0.1, 0.15) is 20.7 Å². The molecule has 0 unspecified atom stereocenters. The van der Waals surface area contributed by atoms with Gasteiger partial charge < -0.3 is 4.57 Å². The van der Waals surface area contributed by atoms with Crippen LogP contribution in [0, 0.1) is 11.6 Å². The molecule has 2 N–H and O–H groups in total. The maximum absolute atomic E-state index is 13.1. The quantitative estimate of drug-likeness (QED) is 0.710. The molecule has 0 aliphatic carbocycles. The van der Waals surface area contributed by atoms with Gasteiger partial charge in [-0.1, -0.05) is 18.2 Å². The van der Waals surface area contributed by atoms with E-state index in [1.54, 1.807) is 29.9 Å². The summed E-state index contributed by atoms with van der Waals surface area (Å²) in [5.41, 5.74) is 5.39. The Morgan fingerprint density at radius 2 is 1.58 bits per heavy atom. The van der Waals surface area contributed by atoms with Gasteiger partial charge in [0.05, 0.1) is 5.56 Å². The molecule has 3 rings (SSSR count). The second kappa shape index (κ2) is 6.11. The van der Waals surface area contributed by atoms with E-state index in [2.05, 4.69) is 10.9 Å². The molecular weight excluding hydrogens is 316 g/mol. The number of nitrogens with one attached hydrogen (secondary N) is 2. The van der Waals surface area contributed by atoms with E-state index in [-0.39, 0.29) is 5.56 Å². The zero-order valence-corrected chi connectivity index (χ0v) is 12.6. The minimum Gasteiger partial charge on any atom is -0.350 e. The van der Waals surface area contributed by atoms with Crippen LogP contribution in [-0.4, -0.2) is 16.4 Å². The number of hydrogen-bond acceptors (Lipinski definition) is 2. The van der Waals surface area contributed by atoms with Gasteiger partial charge in [0.1, 0.15) is 11.6 Å². The average Bonchev–Trinajstić information content (AvgIpc) is 2.89. The van der Waals surface area contributed by atoms with Crippen LogP contribution in [-0.2, 0) is 7.05 Å². The van der Waals surface area contributed by atoms with E-state index in [0.29, 0.717) is 11.6 Å². The van der Waals surface area contributed by atoms with E-state index < -0.39 is 23.4 Å². The predicted molar refractivity (Wildman–Crippen MR) is 84.2 cm³/mol. The molecule has 122 valence electrons. The van der Waals surface area contributed by atoms with Gasteiger partial charge in [-0.05, 0) is 18.2 Å². The van der Waals surface area contributed by atoms with Gasteiger partial charge in [-0.3, -0.25) is 20.4 Å². The van der Waals surface area contributed by atoms with Crippen molar-refractivity contribution in [3.63, 3.8) is 0 Å². The van der Waals surface area contributed by atoms with Crippen molar-refractivity contribution in [1.82, 2.24) is 15.4 Å². The van der Waals surface area contributed by atoms with Crippen LogP contribution >= 0.6 is 0 Å². The largest absolute Gasteiger partial charge is 0.350 e. The van der Waals surface area contributed by atoms with Gasteiger partial charge >= 0.3 is 0 Å². The number of rotatable bonds is 2. The lowest BCUT2D eigenvalue weighted by molar-refractivity contribution is 0.0847. The molecule has 0 saturated carbocycles. The van der Waals surface area contributed by atoms with Crippen LogP contribution in [0.25, 0.3) is 10.9 Å². The Morgan fingerprint density at radius 3 is 2.29 bits per heavy atom. The van der Waals surface area contributed by atoms with Crippen molar-refractivity contribution in [2.24, 2.45) is 7.05 Å². The Hall–Kier alpha value is -3.22. The van der Waals surface area contributed by atoms with Crippen LogP contribution in [0.2, 0.25) is 0 Å². The number of hydrogen-bond donors (Lipinski definition) is 2. The average molecular weight is 329 g/mol. The van der Waals surface area contributed by atoms with Crippen LogP contribution in [0.4, 0.5) is 8.78 Å². The molecule has 1 heterocycles. The molecule has 24 heavy (non-hydrogen) atoms. The monoisotopic (exact) mass is 329 g/mol. The highest BCUT2D eigenvalue weighted by Crippen LogP contribution is 2.19. The molecule has 0 saturated heterocycles. The zero-order chi connectivity index (χ0) is 17.3. The molecular formula is C17H13F2N3O2. The Balaban J connectivity index is 1.76. The fourth-order valence-electron chi connectivity index (χ4n) is 2.46. The molecule has 0 aliphatic rings. The number of para-hydroxylation sites is 1. The summed E-state index contributed by atoms with van der Waals surface area (Å²) in [5.74, 6) is -3.10. The van der Waals surface area contributed by atoms with Crippen molar-refractivity contribution in [3.8, 4) is 0 Å². The normalized spacial score (nSPS) is 10.6. The number of fused-ring (bicyclic) bond motifs is 1. The maximum Gasteiger partial charge on any atom is 0.271 e. The van der Waals surface area contributed by atoms with E-state index in [9.17, 15) is 18.4 Å². The summed E-state index contributed by atoms with van der Waals surface area (Å²) >= 11 is 0. The first-order valence-corrected chi connectivity index (χ1v) is 7.06. The summed E-state index contributed by atoms with van der Waals surface area (Å²) < 4.78 is 28.0. The summed E-state index contributed by atoms with van der Waals surface area (Å²) in [6.45, 7) is 0. The number of halogens is 2. The molecule has 0 atom stereocenters. The fraction of sp³-hybridized carbons (Fsp3) is 0.0588. The van der Waals surface area contributed by atoms with Crippen LogP contribution < -0.4 is 10.9 Å². The highest BCUT2D eigenvalue weighted by Gasteiger charge is 2.15. The first kappa shape index (κ1) is 15.7. The van der Waals surface area contributed by atoms with Crippen molar-refractivity contribution < 1.29 is 18.4 Å². The molecule has 7 heteroatoms. The molecule has 3 aromatic rings. The summed E-state index contributed by atoms with van der Waals surface area (Å²) in [5, 5.41) is 0.726. The fourth-order valence-corrected chi connectivity index (χ4v) is 2.46. The second-order valence-electron chi connectivity index (χ2n) is 5.24. The molecule has 0 radical (unpaired) electrons. The molecule has 2 aromatic carbocycles. The summed E-state index contributed by atoms with van der Waals surface area (Å²) in [7, 11) is 1.80. The third kappa shape index (κ3) is 2.96. The summed E-state index contributed by atoms with van der Waals surface area (Å²) in [6.07, 6.45) is 1.63. The number of hydrazine groups is 1. The summed E-state index contributed by atoms with van der Waals surface area (Å²) in [6, 6.07) is 9.71. The smallest absolute Gasteiger partial charge is 0.271 e. The highest BCUT2D eigenvalue weighted by molar-refractivity contribution is 6.07. The molecule has 2 amide bonds. The third-order valence-corrected chi connectivity index (χ3v) is 3.56. The highest BCUT2D eigenvalue weighted by atomic mass is 19.1. The number of carbonyl (C=O) groups is 2. The van der Waals surface area contributed by atoms with Gasteiger partial charge in [0.2, 0.25) is 0 Å². The van der Waals surface area contributed by atoms with Crippen molar-refractivity contribution >= 4 is 22.7 Å². The Kier molecular flexibility index (Phi) is 3.99. The lowest BCUT2D eigenvalue weighted by Crippen LogP contribution is -2.41. The van der Waals surface area contributed by atoms with Gasteiger partial charge in [-0.15, -0.1) is 0 Å². The van der Waals surface area contributed by atoms with E-state index in [1.807, 2.05) is 12.1 Å². The standard InChI is InChI=1S/C17H13F2N3O2/c1-22-9-14(13-4-2-3-5-15(13)22)17(24)21-20-16(23)10-6-11(18)8-12(19)7-10/h2-9H,1H3,(H,20,23)(H,21,24). The van der Waals surface area contributed by atoms with E-state index in [0.717, 1.165) is 23.0 Å².